The van der Waals surface area contributed by atoms with Gasteiger partial charge in [-0.05, 0) is 36.4 Å². The van der Waals surface area contributed by atoms with E-state index in [2.05, 4.69) is 10.1 Å². The van der Waals surface area contributed by atoms with E-state index in [4.69, 9.17) is 11.0 Å². The van der Waals surface area contributed by atoms with Gasteiger partial charge in [-0.1, -0.05) is 0 Å². The van der Waals surface area contributed by atoms with Crippen LogP contribution in [0, 0.1) is 17.1 Å². The third kappa shape index (κ3) is 3.09. The molecule has 0 atom stereocenters. The van der Waals surface area contributed by atoms with Gasteiger partial charge in [0.1, 0.15) is 5.82 Å². The number of methoxy groups -OCH3 is 1. The molecule has 0 unspecified atom stereocenters. The van der Waals surface area contributed by atoms with E-state index in [-0.39, 0.29) is 22.5 Å². The van der Waals surface area contributed by atoms with Crippen LogP contribution in [0.5, 0.6) is 0 Å². The van der Waals surface area contributed by atoms with Crippen molar-refractivity contribution in [1.82, 2.24) is 0 Å². The van der Waals surface area contributed by atoms with Gasteiger partial charge >= 0.3 is 5.97 Å². The number of hydrogen-bond donors (Lipinski definition) is 2. The summed E-state index contributed by atoms with van der Waals surface area (Å²) in [6.07, 6.45) is 0. The van der Waals surface area contributed by atoms with Crippen LogP contribution in [-0.4, -0.2) is 13.1 Å². The van der Waals surface area contributed by atoms with Gasteiger partial charge < -0.3 is 15.8 Å². The fourth-order valence-electron chi connectivity index (χ4n) is 1.76. The molecule has 0 radical (unpaired) electrons. The van der Waals surface area contributed by atoms with Crippen LogP contribution >= 0.6 is 0 Å². The second-order valence-corrected chi connectivity index (χ2v) is 4.23. The number of nitrogens with zero attached hydrogens (tertiary/aromatic N) is 1. The minimum Gasteiger partial charge on any atom is -0.465 e. The van der Waals surface area contributed by atoms with Crippen molar-refractivity contribution in [2.24, 2.45) is 0 Å². The number of ether oxygens (including phenoxy) is 1. The lowest BCUT2D eigenvalue weighted by Crippen LogP contribution is -2.06. The van der Waals surface area contributed by atoms with Gasteiger partial charge in [0.2, 0.25) is 0 Å². The standard InChI is InChI=1S/C15H12FN3O2/c1-21-15(20)11-7-10(3-4-13(11)18)19-14-5-2-9(8-17)6-12(14)16/h2-7,19H,18H2,1H3. The molecule has 0 fully saturated rings. The Morgan fingerprint density at radius 2 is 2.10 bits per heavy atom. The molecule has 0 aliphatic rings. The first-order valence-corrected chi connectivity index (χ1v) is 5.99. The van der Waals surface area contributed by atoms with Gasteiger partial charge in [0.15, 0.2) is 0 Å². The summed E-state index contributed by atoms with van der Waals surface area (Å²) in [6, 6.07) is 10.5. The summed E-state index contributed by atoms with van der Waals surface area (Å²) in [6.45, 7) is 0. The number of benzene rings is 2. The Kier molecular flexibility index (Phi) is 4.05. The van der Waals surface area contributed by atoms with E-state index < -0.39 is 11.8 Å². The smallest absolute Gasteiger partial charge is 0.340 e. The SMILES string of the molecule is COC(=O)c1cc(Nc2ccc(C#N)cc2F)ccc1N. The average Bonchev–Trinajstić information content (AvgIpc) is 2.50. The summed E-state index contributed by atoms with van der Waals surface area (Å²) in [5.41, 5.74) is 7.05. The van der Waals surface area contributed by atoms with Gasteiger partial charge in [-0.3, -0.25) is 0 Å². The molecule has 5 nitrogen and oxygen atoms in total. The summed E-state index contributed by atoms with van der Waals surface area (Å²) in [5, 5.41) is 11.5. The lowest BCUT2D eigenvalue weighted by atomic mass is 10.1. The largest absolute Gasteiger partial charge is 0.465 e. The van der Waals surface area contributed by atoms with Gasteiger partial charge in [0.05, 0.1) is 30.0 Å². The summed E-state index contributed by atoms with van der Waals surface area (Å²) in [7, 11) is 1.25. The van der Waals surface area contributed by atoms with Crippen LogP contribution < -0.4 is 11.1 Å². The average molecular weight is 285 g/mol. The topological polar surface area (TPSA) is 88.1 Å². The molecule has 3 N–H and O–H groups in total. The zero-order valence-corrected chi connectivity index (χ0v) is 11.2. The van der Waals surface area contributed by atoms with Gasteiger partial charge in [-0.25, -0.2) is 9.18 Å². The predicted octanol–water partition coefficient (Wildman–Crippen LogP) is 2.81. The Hall–Kier alpha value is -3.07. The van der Waals surface area contributed by atoms with Crippen LogP contribution in [0.25, 0.3) is 0 Å². The molecule has 21 heavy (non-hydrogen) atoms. The van der Waals surface area contributed by atoms with E-state index in [1.807, 2.05) is 6.07 Å². The Labute approximate surface area is 120 Å². The second kappa shape index (κ2) is 5.92. The molecule has 0 spiro atoms. The van der Waals surface area contributed by atoms with Crippen LogP contribution in [0.4, 0.5) is 21.5 Å². The first-order chi connectivity index (χ1) is 10.0. The predicted molar refractivity (Wildman–Crippen MR) is 76.6 cm³/mol. The number of nitriles is 1. The van der Waals surface area contributed by atoms with Crippen LogP contribution in [0.3, 0.4) is 0 Å². The maximum absolute atomic E-state index is 13.8. The Morgan fingerprint density at radius 3 is 2.71 bits per heavy atom. The molecule has 0 amide bonds. The fraction of sp³-hybridized carbons (Fsp3) is 0.0667. The lowest BCUT2D eigenvalue weighted by Gasteiger charge is -2.10. The van der Waals surface area contributed by atoms with E-state index in [1.54, 1.807) is 6.07 Å². The van der Waals surface area contributed by atoms with Gasteiger partial charge in [0.25, 0.3) is 0 Å². The number of carbonyl (C=O) groups is 1. The first-order valence-electron chi connectivity index (χ1n) is 5.99. The summed E-state index contributed by atoms with van der Waals surface area (Å²) < 4.78 is 18.4. The van der Waals surface area contributed by atoms with Crippen molar-refractivity contribution in [2.75, 3.05) is 18.2 Å². The quantitative estimate of drug-likeness (QED) is 0.668. The summed E-state index contributed by atoms with van der Waals surface area (Å²) in [4.78, 5) is 11.5. The molecule has 106 valence electrons. The second-order valence-electron chi connectivity index (χ2n) is 4.23. The maximum Gasteiger partial charge on any atom is 0.340 e. The minimum atomic E-state index is -0.573. The monoisotopic (exact) mass is 285 g/mol. The van der Waals surface area contributed by atoms with E-state index in [1.165, 1.54) is 31.4 Å². The van der Waals surface area contributed by atoms with Crippen molar-refractivity contribution in [3.63, 3.8) is 0 Å². The highest BCUT2D eigenvalue weighted by Crippen LogP contribution is 2.24. The number of hydrogen-bond acceptors (Lipinski definition) is 5. The van der Waals surface area contributed by atoms with Crippen molar-refractivity contribution < 1.29 is 13.9 Å². The van der Waals surface area contributed by atoms with Crippen LogP contribution in [0.2, 0.25) is 0 Å². The fourth-order valence-corrected chi connectivity index (χ4v) is 1.76. The number of nitrogen functional groups attached to an aromatic ring is 1. The van der Waals surface area contributed by atoms with Crippen molar-refractivity contribution in [1.29, 1.82) is 5.26 Å². The lowest BCUT2D eigenvalue weighted by molar-refractivity contribution is 0.0602. The molecule has 2 rings (SSSR count). The van der Waals surface area contributed by atoms with Crippen molar-refractivity contribution in [3.8, 4) is 6.07 Å². The molecule has 0 saturated carbocycles. The van der Waals surface area contributed by atoms with Gasteiger partial charge in [-0.2, -0.15) is 5.26 Å². The van der Waals surface area contributed by atoms with Gasteiger partial charge in [0, 0.05) is 11.4 Å². The molecule has 0 heterocycles. The molecule has 0 aliphatic carbocycles. The minimum absolute atomic E-state index is 0.189. The van der Waals surface area contributed by atoms with Crippen molar-refractivity contribution in [2.45, 2.75) is 0 Å². The first kappa shape index (κ1) is 14.3. The molecule has 2 aromatic rings. The molecule has 0 aliphatic heterocycles. The van der Waals surface area contributed by atoms with E-state index in [9.17, 15) is 9.18 Å². The number of halogens is 1. The molecule has 0 aromatic heterocycles. The number of nitrogens with one attached hydrogen (secondary N) is 1. The highest BCUT2D eigenvalue weighted by molar-refractivity contribution is 5.96. The molecule has 2 aromatic carbocycles. The number of anilines is 3. The third-order valence-electron chi connectivity index (χ3n) is 2.84. The molecular weight excluding hydrogens is 273 g/mol. The van der Waals surface area contributed by atoms with E-state index >= 15 is 0 Å². The van der Waals surface area contributed by atoms with Gasteiger partial charge in [-0.15, -0.1) is 0 Å². The van der Waals surface area contributed by atoms with Crippen molar-refractivity contribution in [3.05, 3.63) is 53.3 Å². The zero-order chi connectivity index (χ0) is 15.4. The molecule has 0 bridgehead atoms. The number of nitrogens with two attached hydrogens (primary N) is 1. The summed E-state index contributed by atoms with van der Waals surface area (Å²) in [5.74, 6) is -1.14. The number of esters is 1. The Balaban J connectivity index is 2.32. The maximum atomic E-state index is 13.8. The number of carbonyl (C=O) groups excluding carboxylic acids is 1. The zero-order valence-electron chi connectivity index (χ0n) is 11.2. The highest BCUT2D eigenvalue weighted by atomic mass is 19.1. The van der Waals surface area contributed by atoms with Crippen LogP contribution in [0.1, 0.15) is 15.9 Å². The Bertz CT molecular complexity index is 738. The highest BCUT2D eigenvalue weighted by Gasteiger charge is 2.11. The third-order valence-corrected chi connectivity index (χ3v) is 2.84. The normalized spacial score (nSPS) is 9.76. The Morgan fingerprint density at radius 1 is 1.33 bits per heavy atom. The molecule has 0 saturated heterocycles. The molecule has 6 heteroatoms. The van der Waals surface area contributed by atoms with Crippen molar-refractivity contribution >= 4 is 23.0 Å². The summed E-state index contributed by atoms with van der Waals surface area (Å²) >= 11 is 0. The van der Waals surface area contributed by atoms with Crippen LogP contribution in [-0.2, 0) is 4.74 Å². The van der Waals surface area contributed by atoms with Crippen LogP contribution in [0.15, 0.2) is 36.4 Å². The van der Waals surface area contributed by atoms with E-state index in [0.717, 1.165) is 6.07 Å². The molecular formula is C15H12FN3O2. The van der Waals surface area contributed by atoms with E-state index in [0.29, 0.717) is 5.69 Å². The number of rotatable bonds is 3.